The van der Waals surface area contributed by atoms with Crippen molar-refractivity contribution >= 4 is 0 Å². The number of pyridine rings is 1. The van der Waals surface area contributed by atoms with E-state index in [2.05, 4.69) is 10.3 Å². The Labute approximate surface area is 110 Å². The lowest BCUT2D eigenvalue weighted by Crippen LogP contribution is -2.53. The molecule has 1 N–H and O–H groups in total. The van der Waals surface area contributed by atoms with E-state index in [4.69, 9.17) is 0 Å². The van der Waals surface area contributed by atoms with E-state index in [0.29, 0.717) is 0 Å². The molecule has 19 heavy (non-hydrogen) atoms. The number of nitrogens with zero attached hydrogens (tertiary/aromatic N) is 2. The number of aromatic nitrogens is 1. The van der Waals surface area contributed by atoms with Gasteiger partial charge in [-0.05, 0) is 26.0 Å². The first-order chi connectivity index (χ1) is 8.88. The van der Waals surface area contributed by atoms with Gasteiger partial charge in [0.25, 0.3) is 0 Å². The third kappa shape index (κ3) is 3.45. The minimum atomic E-state index is -4.34. The molecule has 1 aromatic heterocycles. The highest BCUT2D eigenvalue weighted by molar-refractivity contribution is 5.23. The van der Waals surface area contributed by atoms with Crippen molar-refractivity contribution in [2.24, 2.45) is 0 Å². The molecule has 2 atom stereocenters. The van der Waals surface area contributed by atoms with E-state index in [1.54, 1.807) is 0 Å². The van der Waals surface area contributed by atoms with Crippen molar-refractivity contribution < 1.29 is 13.2 Å². The second-order valence-corrected chi connectivity index (χ2v) is 5.08. The number of piperazine rings is 1. The summed E-state index contributed by atoms with van der Waals surface area (Å²) < 4.78 is 38.7. The SMILES string of the molecule is CC1CN(Cc2ncccc2C(F)(F)F)C(C)CN1. The highest BCUT2D eigenvalue weighted by atomic mass is 19.4. The van der Waals surface area contributed by atoms with Crippen LogP contribution in [0.25, 0.3) is 0 Å². The van der Waals surface area contributed by atoms with Crippen molar-refractivity contribution in [1.29, 1.82) is 0 Å². The third-order valence-corrected chi connectivity index (χ3v) is 3.44. The molecule has 0 radical (unpaired) electrons. The van der Waals surface area contributed by atoms with Gasteiger partial charge in [0.15, 0.2) is 0 Å². The lowest BCUT2D eigenvalue weighted by Gasteiger charge is -2.37. The van der Waals surface area contributed by atoms with E-state index in [1.165, 1.54) is 12.3 Å². The maximum Gasteiger partial charge on any atom is 0.418 e. The van der Waals surface area contributed by atoms with Crippen molar-refractivity contribution in [3.63, 3.8) is 0 Å². The van der Waals surface area contributed by atoms with Crippen molar-refractivity contribution in [2.75, 3.05) is 13.1 Å². The topological polar surface area (TPSA) is 28.2 Å². The lowest BCUT2D eigenvalue weighted by atomic mass is 10.1. The molecule has 2 heterocycles. The van der Waals surface area contributed by atoms with Gasteiger partial charge in [-0.2, -0.15) is 13.2 Å². The molecular weight excluding hydrogens is 255 g/mol. The van der Waals surface area contributed by atoms with Crippen LogP contribution in [0, 0.1) is 0 Å². The van der Waals surface area contributed by atoms with Crippen LogP contribution in [0.15, 0.2) is 18.3 Å². The minimum Gasteiger partial charge on any atom is -0.311 e. The zero-order valence-corrected chi connectivity index (χ0v) is 11.0. The zero-order chi connectivity index (χ0) is 14.0. The number of halogens is 3. The Hall–Kier alpha value is -1.14. The quantitative estimate of drug-likeness (QED) is 0.896. The normalized spacial score (nSPS) is 25.5. The van der Waals surface area contributed by atoms with Gasteiger partial charge in [0, 0.05) is 37.9 Å². The summed E-state index contributed by atoms with van der Waals surface area (Å²) in [5.74, 6) is 0. The van der Waals surface area contributed by atoms with Crippen molar-refractivity contribution in [1.82, 2.24) is 15.2 Å². The number of hydrogen-bond acceptors (Lipinski definition) is 3. The molecule has 2 rings (SSSR count). The molecule has 0 aliphatic carbocycles. The molecule has 1 aliphatic rings. The summed E-state index contributed by atoms with van der Waals surface area (Å²) in [7, 11) is 0. The van der Waals surface area contributed by atoms with Crippen LogP contribution in [0.4, 0.5) is 13.2 Å². The second-order valence-electron chi connectivity index (χ2n) is 5.08. The van der Waals surface area contributed by atoms with Crippen LogP contribution in [0.2, 0.25) is 0 Å². The Morgan fingerprint density at radius 1 is 1.42 bits per heavy atom. The smallest absolute Gasteiger partial charge is 0.311 e. The molecule has 6 heteroatoms. The van der Waals surface area contributed by atoms with Crippen molar-refractivity contribution in [3.8, 4) is 0 Å². The van der Waals surface area contributed by atoms with E-state index >= 15 is 0 Å². The van der Waals surface area contributed by atoms with Crippen LogP contribution in [0.5, 0.6) is 0 Å². The molecule has 1 saturated heterocycles. The number of hydrogen-bond donors (Lipinski definition) is 1. The summed E-state index contributed by atoms with van der Waals surface area (Å²) in [5, 5.41) is 3.31. The molecule has 0 saturated carbocycles. The molecule has 0 spiro atoms. The molecule has 0 amide bonds. The molecule has 0 aromatic carbocycles. The summed E-state index contributed by atoms with van der Waals surface area (Å²) in [4.78, 5) is 5.96. The average Bonchev–Trinajstić information content (AvgIpc) is 2.33. The molecule has 1 aromatic rings. The summed E-state index contributed by atoms with van der Waals surface area (Å²) >= 11 is 0. The van der Waals surface area contributed by atoms with Gasteiger partial charge in [0.2, 0.25) is 0 Å². The first-order valence-electron chi connectivity index (χ1n) is 6.36. The van der Waals surface area contributed by atoms with Crippen LogP contribution in [-0.2, 0) is 12.7 Å². The maximum atomic E-state index is 12.9. The highest BCUT2D eigenvalue weighted by Crippen LogP contribution is 2.31. The first-order valence-corrected chi connectivity index (χ1v) is 6.36. The Bertz CT molecular complexity index is 433. The fourth-order valence-electron chi connectivity index (χ4n) is 2.33. The Morgan fingerprint density at radius 3 is 2.84 bits per heavy atom. The van der Waals surface area contributed by atoms with E-state index in [0.717, 1.165) is 19.2 Å². The van der Waals surface area contributed by atoms with Gasteiger partial charge in [-0.15, -0.1) is 0 Å². The minimum absolute atomic E-state index is 0.107. The monoisotopic (exact) mass is 273 g/mol. The van der Waals surface area contributed by atoms with Gasteiger partial charge >= 0.3 is 6.18 Å². The summed E-state index contributed by atoms with van der Waals surface area (Å²) in [6, 6.07) is 2.92. The Balaban J connectivity index is 2.19. The molecular formula is C13H18F3N3. The van der Waals surface area contributed by atoms with Gasteiger partial charge in [-0.3, -0.25) is 9.88 Å². The molecule has 1 aliphatic heterocycles. The van der Waals surface area contributed by atoms with Gasteiger partial charge in [-0.1, -0.05) is 0 Å². The average molecular weight is 273 g/mol. The fourth-order valence-corrected chi connectivity index (χ4v) is 2.33. The number of rotatable bonds is 2. The summed E-state index contributed by atoms with van der Waals surface area (Å²) in [6.07, 6.45) is -2.92. The highest BCUT2D eigenvalue weighted by Gasteiger charge is 2.35. The fraction of sp³-hybridized carbons (Fsp3) is 0.615. The molecule has 106 valence electrons. The third-order valence-electron chi connectivity index (χ3n) is 3.44. The van der Waals surface area contributed by atoms with E-state index in [-0.39, 0.29) is 24.3 Å². The van der Waals surface area contributed by atoms with Crippen LogP contribution >= 0.6 is 0 Å². The second kappa shape index (κ2) is 5.46. The Kier molecular flexibility index (Phi) is 4.10. The van der Waals surface area contributed by atoms with Crippen molar-refractivity contribution in [2.45, 2.75) is 38.7 Å². The van der Waals surface area contributed by atoms with Crippen LogP contribution in [-0.4, -0.2) is 35.1 Å². The molecule has 2 unspecified atom stereocenters. The van der Waals surface area contributed by atoms with Gasteiger partial charge in [0.1, 0.15) is 0 Å². The van der Waals surface area contributed by atoms with Crippen LogP contribution < -0.4 is 5.32 Å². The van der Waals surface area contributed by atoms with Crippen LogP contribution in [0.3, 0.4) is 0 Å². The predicted molar refractivity (Wildman–Crippen MR) is 66.6 cm³/mol. The predicted octanol–water partition coefficient (Wildman–Crippen LogP) is 2.28. The number of alkyl halides is 3. The van der Waals surface area contributed by atoms with Gasteiger partial charge < -0.3 is 5.32 Å². The van der Waals surface area contributed by atoms with Crippen molar-refractivity contribution in [3.05, 3.63) is 29.6 Å². The van der Waals surface area contributed by atoms with Crippen LogP contribution in [0.1, 0.15) is 25.1 Å². The molecule has 1 fully saturated rings. The summed E-state index contributed by atoms with van der Waals surface area (Å²) in [5.41, 5.74) is -0.524. The lowest BCUT2D eigenvalue weighted by molar-refractivity contribution is -0.138. The number of nitrogens with one attached hydrogen (secondary N) is 1. The van der Waals surface area contributed by atoms with Gasteiger partial charge in [-0.25, -0.2) is 0 Å². The van der Waals surface area contributed by atoms with E-state index < -0.39 is 11.7 Å². The molecule has 3 nitrogen and oxygen atoms in total. The molecule has 0 bridgehead atoms. The standard InChI is InChI=1S/C13H18F3N3/c1-9-7-19(10(2)6-18-9)8-12-11(13(14,15)16)4-3-5-17-12/h3-5,9-10,18H,6-8H2,1-2H3. The van der Waals surface area contributed by atoms with E-state index in [1.807, 2.05) is 18.7 Å². The maximum absolute atomic E-state index is 12.9. The first kappa shape index (κ1) is 14.3. The zero-order valence-electron chi connectivity index (χ0n) is 11.0. The van der Waals surface area contributed by atoms with E-state index in [9.17, 15) is 13.2 Å². The summed E-state index contributed by atoms with van der Waals surface area (Å²) in [6.45, 7) is 5.80. The van der Waals surface area contributed by atoms with Gasteiger partial charge in [0.05, 0.1) is 11.3 Å². The largest absolute Gasteiger partial charge is 0.418 e. The Morgan fingerprint density at radius 2 is 2.16 bits per heavy atom.